The van der Waals surface area contributed by atoms with Crippen LogP contribution >= 0.6 is 0 Å². The maximum absolute atomic E-state index is 0. The second-order valence-corrected chi connectivity index (χ2v) is 0. The van der Waals surface area contributed by atoms with Crippen molar-refractivity contribution in [3.05, 3.63) is 0 Å². The molecule has 0 aliphatic heterocycles. The predicted molar refractivity (Wildman–Crippen MR) is 27.1 cm³/mol. The zero-order valence-corrected chi connectivity index (χ0v) is 5.74. The van der Waals surface area contributed by atoms with Crippen molar-refractivity contribution in [1.82, 2.24) is 0 Å². The Morgan fingerprint density at radius 1 is 0.400 bits per heavy atom. The minimum absolute atomic E-state index is 0. The van der Waals surface area contributed by atoms with E-state index in [1.54, 1.807) is 0 Å². The maximum Gasteiger partial charge on any atom is 4.00 e. The van der Waals surface area contributed by atoms with Crippen LogP contribution in [-0.2, 0) is 0 Å². The van der Waals surface area contributed by atoms with Crippen LogP contribution in [0.5, 0.6) is 0 Å². The summed E-state index contributed by atoms with van der Waals surface area (Å²) in [6, 6.07) is 0. The summed E-state index contributed by atoms with van der Waals surface area (Å²) in [6.45, 7) is 0. The van der Waals surface area contributed by atoms with Gasteiger partial charge in [-0.1, -0.05) is 0 Å². The van der Waals surface area contributed by atoms with Crippen LogP contribution < -0.4 is 18.8 Å². The van der Waals surface area contributed by atoms with Crippen LogP contribution in [0.15, 0.2) is 0 Å². The Hall–Kier alpha value is 0.200. The SMILES string of the molecule is F.F.F.F.[F-].[F-].[F-].[F-].[Ge+4].[SiH4]. The predicted octanol–water partition coefficient (Wildman–Crippen LogP) is -13.2. The summed E-state index contributed by atoms with van der Waals surface area (Å²) in [6.07, 6.45) is 0. The Bertz CT molecular complexity index is 9.22. The minimum atomic E-state index is 0. The van der Waals surface area contributed by atoms with Crippen molar-refractivity contribution in [3.8, 4) is 0 Å². The first-order valence-corrected chi connectivity index (χ1v) is 0. The van der Waals surface area contributed by atoms with Crippen molar-refractivity contribution >= 4 is 28.6 Å². The van der Waals surface area contributed by atoms with Gasteiger partial charge >= 0.3 is 17.6 Å². The first-order chi connectivity index (χ1) is 0. The fourth-order valence-electron chi connectivity index (χ4n) is 0. The van der Waals surface area contributed by atoms with Gasteiger partial charge in [0.1, 0.15) is 0 Å². The molecule has 0 rings (SSSR count). The molecule has 0 aliphatic carbocycles. The number of rotatable bonds is 0. The summed E-state index contributed by atoms with van der Waals surface area (Å²) in [4.78, 5) is 0. The number of hydrogen-bond donors (Lipinski definition) is 0. The third-order valence-electron chi connectivity index (χ3n) is 0. The van der Waals surface area contributed by atoms with Gasteiger partial charge in [0, 0.05) is 0 Å². The normalized spacial score (nSPS) is 0. The van der Waals surface area contributed by atoms with Crippen LogP contribution in [0.3, 0.4) is 0 Å². The van der Waals surface area contributed by atoms with E-state index in [1.807, 2.05) is 0 Å². The molecule has 0 bridgehead atoms. The van der Waals surface area contributed by atoms with E-state index in [4.69, 9.17) is 0 Å². The second kappa shape index (κ2) is 15500. The molecule has 0 fully saturated rings. The maximum atomic E-state index is 0. The Morgan fingerprint density at radius 3 is 0.400 bits per heavy atom. The zero-order chi connectivity index (χ0) is 0. The first-order valence-electron chi connectivity index (χ1n) is 0. The molecule has 0 atom stereocenters. The van der Waals surface area contributed by atoms with Gasteiger partial charge in [0.25, 0.3) is 0 Å². The van der Waals surface area contributed by atoms with E-state index in [0.717, 1.165) is 0 Å². The Balaban J connectivity index is 0. The summed E-state index contributed by atoms with van der Waals surface area (Å²) in [7, 11) is 0. The Morgan fingerprint density at radius 2 is 0.400 bits per heavy atom. The van der Waals surface area contributed by atoms with E-state index in [1.165, 1.54) is 0 Å². The van der Waals surface area contributed by atoms with Crippen LogP contribution in [0.4, 0.5) is 18.8 Å². The van der Waals surface area contributed by atoms with E-state index in [-0.39, 0.29) is 66.2 Å². The van der Waals surface area contributed by atoms with Gasteiger partial charge in [-0.25, -0.2) is 0 Å². The van der Waals surface area contributed by atoms with Gasteiger partial charge in [0.05, 0.1) is 0 Å². The molecule has 0 aliphatic rings. The molecule has 0 heterocycles. The van der Waals surface area contributed by atoms with Crippen molar-refractivity contribution in [1.29, 1.82) is 0 Å². The standard InChI is InChI=1S/8FH.Ge.H4Si/h8*1H;;1H4/q;;;;;;;;+4;/p-4. The third-order valence-corrected chi connectivity index (χ3v) is 0. The van der Waals surface area contributed by atoms with Crippen molar-refractivity contribution in [2.24, 2.45) is 0 Å². The molecule has 0 nitrogen and oxygen atoms in total. The molecule has 0 amide bonds. The van der Waals surface area contributed by atoms with Gasteiger partial charge in [-0.3, -0.25) is 18.8 Å². The van der Waals surface area contributed by atoms with Crippen LogP contribution in [0.25, 0.3) is 0 Å². The monoisotopic (exact) mass is 262 g/mol. The van der Waals surface area contributed by atoms with Crippen molar-refractivity contribution in [2.45, 2.75) is 0 Å². The summed E-state index contributed by atoms with van der Waals surface area (Å²) < 4.78 is 0. The molecule has 0 aromatic heterocycles. The summed E-state index contributed by atoms with van der Waals surface area (Å²) in [5.41, 5.74) is 0. The average molecular weight is 261 g/mol. The largest absolute Gasteiger partial charge is 4.00 e. The molecule has 10 heavy (non-hydrogen) atoms. The second-order valence-electron chi connectivity index (χ2n) is 0. The van der Waals surface area contributed by atoms with Crippen LogP contribution in [-0.4, -0.2) is 28.6 Å². The minimum Gasteiger partial charge on any atom is -1.00 e. The van der Waals surface area contributed by atoms with Crippen LogP contribution in [0.1, 0.15) is 0 Å². The molecular formula is H8F8GeSi. The van der Waals surface area contributed by atoms with Gasteiger partial charge in [-0.2, -0.15) is 0 Å². The first kappa shape index (κ1) is 21600. The van der Waals surface area contributed by atoms with Gasteiger partial charge in [0.2, 0.25) is 0 Å². The molecule has 0 aromatic rings. The van der Waals surface area contributed by atoms with E-state index in [9.17, 15) is 0 Å². The van der Waals surface area contributed by atoms with Crippen molar-refractivity contribution in [3.63, 3.8) is 0 Å². The number of halogens is 8. The van der Waals surface area contributed by atoms with Crippen molar-refractivity contribution in [2.75, 3.05) is 0 Å². The van der Waals surface area contributed by atoms with Gasteiger partial charge in [0.15, 0.2) is 0 Å². The topological polar surface area (TPSA) is 0 Å². The molecule has 10 heteroatoms. The van der Waals surface area contributed by atoms with Crippen LogP contribution in [0, 0.1) is 0 Å². The van der Waals surface area contributed by atoms with Gasteiger partial charge < -0.3 is 18.8 Å². The average Bonchev–Trinajstić information content (AvgIpc) is 0. The smallest absolute Gasteiger partial charge is 1.00 e. The van der Waals surface area contributed by atoms with E-state index >= 15 is 0 Å². The quantitative estimate of drug-likeness (QED) is 0.300. The molecule has 0 unspecified atom stereocenters. The van der Waals surface area contributed by atoms with Crippen LogP contribution in [0.2, 0.25) is 0 Å². The summed E-state index contributed by atoms with van der Waals surface area (Å²) >= 11 is 0. The molecule has 0 spiro atoms. The fourth-order valence-corrected chi connectivity index (χ4v) is 0. The van der Waals surface area contributed by atoms with E-state index < -0.39 is 0 Å². The molecule has 0 aromatic carbocycles. The molecule has 72 valence electrons. The molecule has 0 radical (unpaired) electrons. The molecule has 0 N–H and O–H groups in total. The van der Waals surface area contributed by atoms with E-state index in [2.05, 4.69) is 0 Å². The van der Waals surface area contributed by atoms with Crippen molar-refractivity contribution < 1.29 is 37.6 Å². The summed E-state index contributed by atoms with van der Waals surface area (Å²) in [5.74, 6) is 0. The van der Waals surface area contributed by atoms with Gasteiger partial charge in [-0.05, 0) is 11.0 Å². The van der Waals surface area contributed by atoms with E-state index in [0.29, 0.717) is 0 Å². The summed E-state index contributed by atoms with van der Waals surface area (Å²) in [5, 5.41) is 0. The Labute approximate surface area is 67.1 Å². The third kappa shape index (κ3) is 10700. The molecular weight excluding hydrogens is 253 g/mol. The molecule has 0 saturated carbocycles. The zero-order valence-electron chi connectivity index (χ0n) is 3.64. The fraction of sp³-hybridized carbons (Fsp3) is 0. The number of hydrogen-bond acceptors (Lipinski definition) is 0. The molecule has 0 saturated heterocycles. The Kier molecular flexibility index (Phi) is 33500000. The van der Waals surface area contributed by atoms with Gasteiger partial charge in [-0.15, -0.1) is 0 Å².